The molecule has 0 aliphatic carbocycles. The number of carbonyl (C=O) groups is 2. The predicted octanol–water partition coefficient (Wildman–Crippen LogP) is 0.0350. The monoisotopic (exact) mass is 269 g/mol. The third-order valence-electron chi connectivity index (χ3n) is 2.35. The maximum absolute atomic E-state index is 11.6. The van der Waals surface area contributed by atoms with Crippen molar-refractivity contribution in [2.75, 3.05) is 13.7 Å². The van der Waals surface area contributed by atoms with E-state index in [9.17, 15) is 9.59 Å². The van der Waals surface area contributed by atoms with Gasteiger partial charge >= 0.3 is 5.97 Å². The Labute approximate surface area is 111 Å². The number of nitrogens with one attached hydrogen (secondary N) is 2. The lowest BCUT2D eigenvalue weighted by Gasteiger charge is -2.16. The van der Waals surface area contributed by atoms with Crippen LogP contribution >= 0.6 is 0 Å². The Morgan fingerprint density at radius 1 is 1.47 bits per heavy atom. The SMILES string of the molecule is COC(=O)[C@H](Cc1cnc[nH]1)NC(=O)COC(C)C. The number of esters is 1. The highest BCUT2D eigenvalue weighted by molar-refractivity contribution is 5.85. The first-order valence-electron chi connectivity index (χ1n) is 5.99. The van der Waals surface area contributed by atoms with E-state index in [1.807, 2.05) is 13.8 Å². The molecule has 0 spiro atoms. The van der Waals surface area contributed by atoms with Gasteiger partial charge in [0.2, 0.25) is 5.91 Å². The quantitative estimate of drug-likeness (QED) is 0.681. The average Bonchev–Trinajstić information content (AvgIpc) is 2.87. The van der Waals surface area contributed by atoms with Gasteiger partial charge in [-0.25, -0.2) is 9.78 Å². The molecule has 2 N–H and O–H groups in total. The molecule has 0 aliphatic heterocycles. The molecule has 0 aliphatic rings. The van der Waals surface area contributed by atoms with Crippen LogP contribution in [0.1, 0.15) is 19.5 Å². The lowest BCUT2D eigenvalue weighted by atomic mass is 10.1. The molecule has 19 heavy (non-hydrogen) atoms. The molecule has 106 valence electrons. The molecule has 0 saturated heterocycles. The normalized spacial score (nSPS) is 12.2. The van der Waals surface area contributed by atoms with E-state index in [1.54, 1.807) is 6.20 Å². The molecule has 1 amide bonds. The Kier molecular flexibility index (Phi) is 6.01. The highest BCUT2D eigenvalue weighted by Gasteiger charge is 2.22. The number of methoxy groups -OCH3 is 1. The van der Waals surface area contributed by atoms with E-state index >= 15 is 0 Å². The zero-order valence-corrected chi connectivity index (χ0v) is 11.3. The fourth-order valence-electron chi connectivity index (χ4n) is 1.43. The molecule has 7 heteroatoms. The number of hydrogen-bond acceptors (Lipinski definition) is 5. The number of H-pyrrole nitrogens is 1. The number of ether oxygens (including phenoxy) is 2. The number of nitrogens with zero attached hydrogens (tertiary/aromatic N) is 1. The predicted molar refractivity (Wildman–Crippen MR) is 67.3 cm³/mol. The molecule has 1 atom stereocenters. The lowest BCUT2D eigenvalue weighted by molar-refractivity contribution is -0.145. The second kappa shape index (κ2) is 7.52. The summed E-state index contributed by atoms with van der Waals surface area (Å²) in [6.07, 6.45) is 3.34. The van der Waals surface area contributed by atoms with Crippen molar-refractivity contribution in [3.63, 3.8) is 0 Å². The van der Waals surface area contributed by atoms with Gasteiger partial charge in [0, 0.05) is 18.3 Å². The number of carbonyl (C=O) groups excluding carboxylic acids is 2. The smallest absolute Gasteiger partial charge is 0.328 e. The van der Waals surface area contributed by atoms with Crippen molar-refractivity contribution in [3.8, 4) is 0 Å². The highest BCUT2D eigenvalue weighted by atomic mass is 16.5. The second-order valence-electron chi connectivity index (χ2n) is 4.28. The largest absolute Gasteiger partial charge is 0.467 e. The molecule has 0 saturated carbocycles. The minimum Gasteiger partial charge on any atom is -0.467 e. The number of aromatic nitrogens is 2. The lowest BCUT2D eigenvalue weighted by Crippen LogP contribution is -2.44. The van der Waals surface area contributed by atoms with E-state index in [0.717, 1.165) is 5.69 Å². The van der Waals surface area contributed by atoms with Crippen molar-refractivity contribution < 1.29 is 19.1 Å². The summed E-state index contributed by atoms with van der Waals surface area (Å²) in [4.78, 5) is 30.0. The van der Waals surface area contributed by atoms with E-state index in [4.69, 9.17) is 4.74 Å². The fourth-order valence-corrected chi connectivity index (χ4v) is 1.43. The van der Waals surface area contributed by atoms with Crippen LogP contribution in [0.15, 0.2) is 12.5 Å². The minimum absolute atomic E-state index is 0.0464. The Bertz CT molecular complexity index is 403. The molecule has 1 heterocycles. The van der Waals surface area contributed by atoms with Crippen molar-refractivity contribution in [3.05, 3.63) is 18.2 Å². The first-order valence-corrected chi connectivity index (χ1v) is 5.99. The van der Waals surface area contributed by atoms with Crippen molar-refractivity contribution >= 4 is 11.9 Å². The van der Waals surface area contributed by atoms with Gasteiger partial charge in [-0.15, -0.1) is 0 Å². The topological polar surface area (TPSA) is 93.3 Å². The summed E-state index contributed by atoms with van der Waals surface area (Å²) < 4.78 is 9.83. The van der Waals surface area contributed by atoms with Crippen LogP contribution in [0.3, 0.4) is 0 Å². The van der Waals surface area contributed by atoms with Crippen LogP contribution < -0.4 is 5.32 Å². The molecule has 7 nitrogen and oxygen atoms in total. The van der Waals surface area contributed by atoms with Gasteiger partial charge in [0.25, 0.3) is 0 Å². The van der Waals surface area contributed by atoms with Gasteiger partial charge in [0.15, 0.2) is 0 Å². The summed E-state index contributed by atoms with van der Waals surface area (Å²) in [5, 5.41) is 2.58. The van der Waals surface area contributed by atoms with Crippen LogP contribution in [0.4, 0.5) is 0 Å². The van der Waals surface area contributed by atoms with Gasteiger partial charge in [-0.05, 0) is 13.8 Å². The average molecular weight is 269 g/mol. The third-order valence-corrected chi connectivity index (χ3v) is 2.35. The standard InChI is InChI=1S/C12H19N3O4/c1-8(2)19-6-11(16)15-10(12(17)18-3)4-9-5-13-7-14-9/h5,7-8,10H,4,6H2,1-3H3,(H,13,14)(H,15,16)/t10-/m0/s1. The molecule has 0 unspecified atom stereocenters. The Morgan fingerprint density at radius 2 is 2.21 bits per heavy atom. The van der Waals surface area contributed by atoms with Crippen LogP contribution in [0.2, 0.25) is 0 Å². The summed E-state index contributed by atoms with van der Waals surface area (Å²) in [5.74, 6) is -0.865. The number of rotatable bonds is 7. The Hall–Kier alpha value is -1.89. The van der Waals surface area contributed by atoms with Crippen molar-refractivity contribution in [2.24, 2.45) is 0 Å². The molecule has 1 aromatic rings. The maximum atomic E-state index is 11.6. The van der Waals surface area contributed by atoms with Gasteiger partial charge in [0.05, 0.1) is 19.5 Å². The van der Waals surface area contributed by atoms with E-state index in [-0.39, 0.29) is 18.6 Å². The number of amides is 1. The van der Waals surface area contributed by atoms with Gasteiger partial charge in [-0.2, -0.15) is 0 Å². The molecule has 0 fully saturated rings. The first-order chi connectivity index (χ1) is 9.02. The number of hydrogen-bond donors (Lipinski definition) is 2. The molecule has 1 rings (SSSR count). The zero-order valence-electron chi connectivity index (χ0n) is 11.3. The van der Waals surface area contributed by atoms with E-state index in [1.165, 1.54) is 13.4 Å². The van der Waals surface area contributed by atoms with Crippen LogP contribution in [-0.2, 0) is 25.5 Å². The molecule has 0 radical (unpaired) electrons. The van der Waals surface area contributed by atoms with Crippen molar-refractivity contribution in [1.82, 2.24) is 15.3 Å². The van der Waals surface area contributed by atoms with Gasteiger partial charge < -0.3 is 19.8 Å². The van der Waals surface area contributed by atoms with Crippen molar-refractivity contribution in [1.29, 1.82) is 0 Å². The summed E-state index contributed by atoms with van der Waals surface area (Å²) in [5.41, 5.74) is 0.737. The van der Waals surface area contributed by atoms with Gasteiger partial charge in [0.1, 0.15) is 12.6 Å². The maximum Gasteiger partial charge on any atom is 0.328 e. The molecule has 0 bridgehead atoms. The molecule has 0 aromatic carbocycles. The summed E-state index contributed by atoms with van der Waals surface area (Å²) >= 11 is 0. The zero-order chi connectivity index (χ0) is 14.3. The Balaban J connectivity index is 2.54. The number of imidazole rings is 1. The summed E-state index contributed by atoms with van der Waals surface area (Å²) in [6.45, 7) is 3.57. The van der Waals surface area contributed by atoms with Crippen LogP contribution in [0.5, 0.6) is 0 Å². The second-order valence-corrected chi connectivity index (χ2v) is 4.28. The van der Waals surface area contributed by atoms with Crippen LogP contribution in [0, 0.1) is 0 Å². The van der Waals surface area contributed by atoms with Gasteiger partial charge in [-0.3, -0.25) is 4.79 Å². The summed E-state index contributed by atoms with van der Waals surface area (Å²) in [7, 11) is 1.28. The molecular formula is C12H19N3O4. The fraction of sp³-hybridized carbons (Fsp3) is 0.583. The van der Waals surface area contributed by atoms with E-state index in [0.29, 0.717) is 6.42 Å². The van der Waals surface area contributed by atoms with Crippen LogP contribution in [-0.4, -0.2) is 47.7 Å². The van der Waals surface area contributed by atoms with Gasteiger partial charge in [-0.1, -0.05) is 0 Å². The van der Waals surface area contributed by atoms with E-state index < -0.39 is 12.0 Å². The van der Waals surface area contributed by atoms with Crippen LogP contribution in [0.25, 0.3) is 0 Å². The van der Waals surface area contributed by atoms with E-state index in [2.05, 4.69) is 20.0 Å². The molecule has 1 aromatic heterocycles. The third kappa shape index (κ3) is 5.52. The van der Waals surface area contributed by atoms with Crippen molar-refractivity contribution in [2.45, 2.75) is 32.4 Å². The Morgan fingerprint density at radius 3 is 2.74 bits per heavy atom. The minimum atomic E-state index is -0.756. The molecular weight excluding hydrogens is 250 g/mol. The first kappa shape index (κ1) is 15.2. The number of aromatic amines is 1. The summed E-state index contributed by atoms with van der Waals surface area (Å²) in [6, 6.07) is -0.756. The highest BCUT2D eigenvalue weighted by Crippen LogP contribution is 2.00.